The highest BCUT2D eigenvalue weighted by atomic mass is 16.2. The first-order valence-electron chi connectivity index (χ1n) is 3.17. The Bertz CT molecular complexity index is 142. The molecule has 0 saturated carbocycles. The van der Waals surface area contributed by atoms with Crippen molar-refractivity contribution in [2.24, 2.45) is 5.10 Å². The van der Waals surface area contributed by atoms with Gasteiger partial charge in [-0.15, -0.1) is 0 Å². The lowest BCUT2D eigenvalue weighted by Crippen LogP contribution is -2.28. The maximum Gasteiger partial charge on any atom is 0.242 e. The third-order valence-electron chi connectivity index (χ3n) is 1.30. The van der Waals surface area contributed by atoms with E-state index in [0.717, 1.165) is 6.42 Å². The molecule has 0 aromatic carbocycles. The molecule has 0 bridgehead atoms. The van der Waals surface area contributed by atoms with Crippen LogP contribution < -0.4 is 0 Å². The monoisotopic (exact) mass is 126 g/mol. The van der Waals surface area contributed by atoms with Crippen molar-refractivity contribution < 1.29 is 4.79 Å². The van der Waals surface area contributed by atoms with E-state index in [1.54, 1.807) is 6.21 Å². The first-order valence-corrected chi connectivity index (χ1v) is 3.17. The minimum atomic E-state index is 0.139. The second-order valence-electron chi connectivity index (χ2n) is 1.95. The lowest BCUT2D eigenvalue weighted by molar-refractivity contribution is -0.131. The minimum Gasteiger partial charge on any atom is -0.273 e. The second-order valence-corrected chi connectivity index (χ2v) is 1.95. The van der Waals surface area contributed by atoms with Gasteiger partial charge in [0, 0.05) is 19.2 Å². The van der Waals surface area contributed by atoms with E-state index >= 15 is 0 Å². The molecule has 0 saturated heterocycles. The summed E-state index contributed by atoms with van der Waals surface area (Å²) in [7, 11) is 0. The zero-order chi connectivity index (χ0) is 6.69. The van der Waals surface area contributed by atoms with E-state index < -0.39 is 0 Å². The lowest BCUT2D eigenvalue weighted by Gasteiger charge is -2.16. The molecule has 1 aliphatic rings. The van der Waals surface area contributed by atoms with Crippen molar-refractivity contribution in [2.45, 2.75) is 19.8 Å². The Hall–Kier alpha value is -0.860. The van der Waals surface area contributed by atoms with E-state index in [2.05, 4.69) is 5.10 Å². The van der Waals surface area contributed by atoms with Crippen LogP contribution in [0, 0.1) is 0 Å². The first-order chi connectivity index (χ1) is 4.34. The zero-order valence-electron chi connectivity index (χ0n) is 5.50. The van der Waals surface area contributed by atoms with E-state index in [1.807, 2.05) is 6.92 Å². The molecule has 9 heavy (non-hydrogen) atoms. The molecule has 3 heteroatoms. The molecule has 0 radical (unpaired) electrons. The van der Waals surface area contributed by atoms with Crippen LogP contribution in [0.2, 0.25) is 0 Å². The number of hydrazone groups is 1. The second kappa shape index (κ2) is 2.62. The Morgan fingerprint density at radius 3 is 3.11 bits per heavy atom. The van der Waals surface area contributed by atoms with Gasteiger partial charge in [0.1, 0.15) is 0 Å². The van der Waals surface area contributed by atoms with Crippen molar-refractivity contribution in [3.05, 3.63) is 0 Å². The summed E-state index contributed by atoms with van der Waals surface area (Å²) in [5.74, 6) is 0.139. The zero-order valence-corrected chi connectivity index (χ0v) is 5.50. The molecular formula is C6H10N2O. The highest BCUT2D eigenvalue weighted by Crippen LogP contribution is 2.02. The SMILES string of the molecule is CCN1N=CCCC1=O. The van der Waals surface area contributed by atoms with Crippen LogP contribution in [-0.2, 0) is 4.79 Å². The number of amides is 1. The molecular weight excluding hydrogens is 116 g/mol. The third kappa shape index (κ3) is 1.28. The van der Waals surface area contributed by atoms with Crippen LogP contribution in [0.15, 0.2) is 5.10 Å². The van der Waals surface area contributed by atoms with Gasteiger partial charge in [-0.25, -0.2) is 5.01 Å². The molecule has 0 spiro atoms. The van der Waals surface area contributed by atoms with Crippen LogP contribution in [0.1, 0.15) is 19.8 Å². The average molecular weight is 126 g/mol. The van der Waals surface area contributed by atoms with Gasteiger partial charge in [-0.05, 0) is 13.3 Å². The highest BCUT2D eigenvalue weighted by molar-refractivity contribution is 5.82. The molecule has 3 nitrogen and oxygen atoms in total. The van der Waals surface area contributed by atoms with Crippen molar-refractivity contribution in [1.29, 1.82) is 0 Å². The molecule has 0 aromatic heterocycles. The number of hydrogen-bond acceptors (Lipinski definition) is 2. The van der Waals surface area contributed by atoms with E-state index in [-0.39, 0.29) is 5.91 Å². The predicted octanol–water partition coefficient (Wildman–Crippen LogP) is 0.615. The topological polar surface area (TPSA) is 32.7 Å². The highest BCUT2D eigenvalue weighted by Gasteiger charge is 2.11. The lowest BCUT2D eigenvalue weighted by atomic mass is 10.3. The Labute approximate surface area is 54.3 Å². The molecule has 1 aliphatic heterocycles. The fourth-order valence-corrected chi connectivity index (χ4v) is 0.796. The standard InChI is InChI=1S/C6H10N2O/c1-2-8-6(9)4-3-5-7-8/h5H,2-4H2,1H3. The number of nitrogens with zero attached hydrogens (tertiary/aromatic N) is 2. The molecule has 0 atom stereocenters. The summed E-state index contributed by atoms with van der Waals surface area (Å²) in [6.45, 7) is 2.61. The van der Waals surface area contributed by atoms with Crippen LogP contribution in [-0.4, -0.2) is 23.7 Å². The van der Waals surface area contributed by atoms with Crippen LogP contribution >= 0.6 is 0 Å². The Balaban J connectivity index is 2.57. The minimum absolute atomic E-state index is 0.139. The van der Waals surface area contributed by atoms with E-state index in [1.165, 1.54) is 5.01 Å². The van der Waals surface area contributed by atoms with E-state index in [4.69, 9.17) is 0 Å². The van der Waals surface area contributed by atoms with Gasteiger partial charge in [0.05, 0.1) is 0 Å². The van der Waals surface area contributed by atoms with Gasteiger partial charge in [-0.2, -0.15) is 5.10 Å². The van der Waals surface area contributed by atoms with Crippen LogP contribution in [0.25, 0.3) is 0 Å². The summed E-state index contributed by atoms with van der Waals surface area (Å²) in [5, 5.41) is 5.38. The molecule has 1 heterocycles. The largest absolute Gasteiger partial charge is 0.273 e. The number of carbonyl (C=O) groups excluding carboxylic acids is 1. The molecule has 0 aromatic rings. The summed E-state index contributed by atoms with van der Waals surface area (Å²) in [5.41, 5.74) is 0. The van der Waals surface area contributed by atoms with Gasteiger partial charge in [0.15, 0.2) is 0 Å². The van der Waals surface area contributed by atoms with E-state index in [9.17, 15) is 4.79 Å². The quantitative estimate of drug-likeness (QED) is 0.506. The van der Waals surface area contributed by atoms with E-state index in [0.29, 0.717) is 13.0 Å². The average Bonchev–Trinajstić information content (AvgIpc) is 1.89. The predicted molar refractivity (Wildman–Crippen MR) is 35.1 cm³/mol. The van der Waals surface area contributed by atoms with Gasteiger partial charge < -0.3 is 0 Å². The molecule has 1 rings (SSSR count). The normalized spacial score (nSPS) is 18.8. The third-order valence-corrected chi connectivity index (χ3v) is 1.30. The molecule has 50 valence electrons. The van der Waals surface area contributed by atoms with Gasteiger partial charge in [0.25, 0.3) is 0 Å². The van der Waals surface area contributed by atoms with Gasteiger partial charge in [-0.3, -0.25) is 4.79 Å². The number of carbonyl (C=O) groups is 1. The molecule has 0 unspecified atom stereocenters. The molecule has 0 fully saturated rings. The maximum absolute atomic E-state index is 10.8. The van der Waals surface area contributed by atoms with Crippen molar-refractivity contribution >= 4 is 12.1 Å². The van der Waals surface area contributed by atoms with Crippen LogP contribution in [0.3, 0.4) is 0 Å². The molecule has 0 N–H and O–H groups in total. The van der Waals surface area contributed by atoms with Crippen LogP contribution in [0.4, 0.5) is 0 Å². The fraction of sp³-hybridized carbons (Fsp3) is 0.667. The molecule has 1 amide bonds. The summed E-state index contributed by atoms with van der Waals surface area (Å²) < 4.78 is 0. The Morgan fingerprint density at radius 2 is 2.67 bits per heavy atom. The van der Waals surface area contributed by atoms with Gasteiger partial charge in [-0.1, -0.05) is 0 Å². The molecule has 0 aliphatic carbocycles. The Morgan fingerprint density at radius 1 is 1.89 bits per heavy atom. The smallest absolute Gasteiger partial charge is 0.242 e. The van der Waals surface area contributed by atoms with Crippen molar-refractivity contribution in [1.82, 2.24) is 5.01 Å². The summed E-state index contributed by atoms with van der Waals surface area (Å²) in [4.78, 5) is 10.8. The number of rotatable bonds is 1. The summed E-state index contributed by atoms with van der Waals surface area (Å²) >= 11 is 0. The van der Waals surface area contributed by atoms with Gasteiger partial charge in [0.2, 0.25) is 5.91 Å². The van der Waals surface area contributed by atoms with Crippen molar-refractivity contribution in [2.75, 3.05) is 6.54 Å². The Kier molecular flexibility index (Phi) is 1.82. The van der Waals surface area contributed by atoms with Crippen molar-refractivity contribution in [3.63, 3.8) is 0 Å². The first kappa shape index (κ1) is 6.26. The van der Waals surface area contributed by atoms with Crippen molar-refractivity contribution in [3.8, 4) is 0 Å². The maximum atomic E-state index is 10.8. The van der Waals surface area contributed by atoms with Gasteiger partial charge >= 0.3 is 0 Å². The summed E-state index contributed by atoms with van der Waals surface area (Å²) in [6.07, 6.45) is 3.21. The van der Waals surface area contributed by atoms with Crippen LogP contribution in [0.5, 0.6) is 0 Å². The fourth-order valence-electron chi connectivity index (χ4n) is 0.796. The summed E-state index contributed by atoms with van der Waals surface area (Å²) in [6, 6.07) is 0. The number of hydrogen-bond donors (Lipinski definition) is 0.